The Bertz CT molecular complexity index is 567. The van der Waals surface area contributed by atoms with E-state index in [0.29, 0.717) is 0 Å². The lowest BCUT2D eigenvalue weighted by molar-refractivity contribution is 0.204. The number of β-amino-alcohol motifs (C(OH)–C–C–N with tert-alkyl or cyclic N) is 1. The number of nitrogens with zero attached hydrogens (tertiary/aromatic N) is 3. The van der Waals surface area contributed by atoms with Crippen LogP contribution in [0.2, 0.25) is 0 Å². The molecule has 0 spiro atoms. The van der Waals surface area contributed by atoms with E-state index in [9.17, 15) is 0 Å². The zero-order valence-electron chi connectivity index (χ0n) is 11.7. The van der Waals surface area contributed by atoms with Crippen LogP contribution in [0.5, 0.6) is 0 Å². The van der Waals surface area contributed by atoms with Gasteiger partial charge in [-0.1, -0.05) is 24.3 Å². The highest BCUT2D eigenvalue weighted by Crippen LogP contribution is 2.24. The van der Waals surface area contributed by atoms with Crippen molar-refractivity contribution in [3.05, 3.63) is 36.5 Å². The van der Waals surface area contributed by atoms with Crippen molar-refractivity contribution in [2.24, 2.45) is 0 Å². The average Bonchev–Trinajstić information content (AvgIpc) is 2.73. The number of anilines is 1. The normalized spacial score (nSPS) is 17.4. The second kappa shape index (κ2) is 6.20. The Kier molecular flexibility index (Phi) is 4.14. The molecule has 1 saturated heterocycles. The van der Waals surface area contributed by atoms with Crippen LogP contribution in [-0.4, -0.2) is 54.3 Å². The highest BCUT2D eigenvalue weighted by molar-refractivity contribution is 5.92. The van der Waals surface area contributed by atoms with Crippen molar-refractivity contribution in [2.45, 2.75) is 6.42 Å². The van der Waals surface area contributed by atoms with Crippen molar-refractivity contribution in [3.8, 4) is 0 Å². The van der Waals surface area contributed by atoms with Gasteiger partial charge in [-0.2, -0.15) is 0 Å². The molecule has 4 nitrogen and oxygen atoms in total. The Morgan fingerprint density at radius 1 is 1.05 bits per heavy atom. The van der Waals surface area contributed by atoms with E-state index in [0.717, 1.165) is 45.0 Å². The van der Waals surface area contributed by atoms with Crippen molar-refractivity contribution in [2.75, 3.05) is 44.2 Å². The predicted octanol–water partition coefficient (Wildman–Crippen LogP) is 1.74. The van der Waals surface area contributed by atoms with Gasteiger partial charge in [0, 0.05) is 37.8 Å². The van der Waals surface area contributed by atoms with Crippen molar-refractivity contribution in [3.63, 3.8) is 0 Å². The first-order valence-electron chi connectivity index (χ1n) is 7.30. The SMILES string of the molecule is OCCN1CCCN(c2nccc3ccccc23)CC1. The fraction of sp³-hybridized carbons (Fsp3) is 0.438. The van der Waals surface area contributed by atoms with Crippen LogP contribution in [0.4, 0.5) is 5.82 Å². The number of pyridine rings is 1. The molecular weight excluding hydrogens is 250 g/mol. The molecule has 0 unspecified atom stereocenters. The molecule has 3 rings (SSSR count). The van der Waals surface area contributed by atoms with Crippen LogP contribution in [0.1, 0.15) is 6.42 Å². The summed E-state index contributed by atoms with van der Waals surface area (Å²) in [7, 11) is 0. The maximum absolute atomic E-state index is 9.07. The molecule has 0 radical (unpaired) electrons. The van der Waals surface area contributed by atoms with Gasteiger partial charge in [-0.05, 0) is 24.4 Å². The molecular formula is C16H21N3O. The number of aliphatic hydroxyl groups excluding tert-OH is 1. The molecule has 0 atom stereocenters. The van der Waals surface area contributed by atoms with E-state index in [4.69, 9.17) is 5.11 Å². The molecule has 20 heavy (non-hydrogen) atoms. The summed E-state index contributed by atoms with van der Waals surface area (Å²) in [5, 5.41) is 11.5. The topological polar surface area (TPSA) is 39.6 Å². The summed E-state index contributed by atoms with van der Waals surface area (Å²) in [5.74, 6) is 1.09. The van der Waals surface area contributed by atoms with E-state index < -0.39 is 0 Å². The van der Waals surface area contributed by atoms with E-state index >= 15 is 0 Å². The Hall–Kier alpha value is -1.65. The summed E-state index contributed by atoms with van der Waals surface area (Å²) in [4.78, 5) is 9.30. The molecule has 0 bridgehead atoms. The van der Waals surface area contributed by atoms with Crippen molar-refractivity contribution in [1.82, 2.24) is 9.88 Å². The second-order valence-electron chi connectivity index (χ2n) is 5.26. The Labute approximate surface area is 119 Å². The lowest BCUT2D eigenvalue weighted by Crippen LogP contribution is -2.32. The second-order valence-corrected chi connectivity index (χ2v) is 5.26. The van der Waals surface area contributed by atoms with Crippen molar-refractivity contribution in [1.29, 1.82) is 0 Å². The lowest BCUT2D eigenvalue weighted by atomic mass is 10.1. The first-order chi connectivity index (χ1) is 9.88. The Morgan fingerprint density at radius 3 is 2.85 bits per heavy atom. The van der Waals surface area contributed by atoms with Gasteiger partial charge in [-0.3, -0.25) is 4.90 Å². The van der Waals surface area contributed by atoms with Crippen LogP contribution >= 0.6 is 0 Å². The molecule has 0 aliphatic carbocycles. The first-order valence-corrected chi connectivity index (χ1v) is 7.30. The summed E-state index contributed by atoms with van der Waals surface area (Å²) >= 11 is 0. The molecule has 1 N–H and O–H groups in total. The fourth-order valence-corrected chi connectivity index (χ4v) is 2.90. The highest BCUT2D eigenvalue weighted by atomic mass is 16.3. The van der Waals surface area contributed by atoms with Gasteiger partial charge in [0.2, 0.25) is 0 Å². The van der Waals surface area contributed by atoms with E-state index in [1.807, 2.05) is 6.20 Å². The van der Waals surface area contributed by atoms with Gasteiger partial charge >= 0.3 is 0 Å². The van der Waals surface area contributed by atoms with Gasteiger partial charge in [0.1, 0.15) is 5.82 Å². The number of rotatable bonds is 3. The molecule has 1 aromatic carbocycles. The van der Waals surface area contributed by atoms with Gasteiger partial charge in [0.05, 0.1) is 6.61 Å². The molecule has 1 fully saturated rings. The standard InChI is InChI=1S/C16H21N3O/c20-13-12-18-8-3-9-19(11-10-18)16-15-5-2-1-4-14(15)6-7-17-16/h1-2,4-7,20H,3,8-13H2. The number of aromatic nitrogens is 1. The summed E-state index contributed by atoms with van der Waals surface area (Å²) < 4.78 is 0. The Morgan fingerprint density at radius 2 is 1.95 bits per heavy atom. The minimum absolute atomic E-state index is 0.243. The fourth-order valence-electron chi connectivity index (χ4n) is 2.90. The average molecular weight is 271 g/mol. The maximum Gasteiger partial charge on any atom is 0.136 e. The summed E-state index contributed by atoms with van der Waals surface area (Å²) in [6.45, 7) is 5.07. The third-order valence-electron chi connectivity index (χ3n) is 3.96. The smallest absolute Gasteiger partial charge is 0.136 e. The third kappa shape index (κ3) is 2.76. The van der Waals surface area contributed by atoms with Crippen molar-refractivity contribution >= 4 is 16.6 Å². The van der Waals surface area contributed by atoms with Crippen LogP contribution < -0.4 is 4.90 Å². The predicted molar refractivity (Wildman–Crippen MR) is 82.1 cm³/mol. The van der Waals surface area contributed by atoms with Crippen LogP contribution in [0, 0.1) is 0 Å². The highest BCUT2D eigenvalue weighted by Gasteiger charge is 2.17. The van der Waals surface area contributed by atoms with E-state index in [1.165, 1.54) is 10.8 Å². The largest absolute Gasteiger partial charge is 0.395 e. The zero-order valence-corrected chi connectivity index (χ0v) is 11.7. The van der Waals surface area contributed by atoms with Crippen LogP contribution in [0.3, 0.4) is 0 Å². The monoisotopic (exact) mass is 271 g/mol. The van der Waals surface area contributed by atoms with Crippen LogP contribution in [-0.2, 0) is 0 Å². The maximum atomic E-state index is 9.07. The minimum atomic E-state index is 0.243. The molecule has 0 amide bonds. The quantitative estimate of drug-likeness (QED) is 0.923. The van der Waals surface area contributed by atoms with E-state index in [-0.39, 0.29) is 6.61 Å². The minimum Gasteiger partial charge on any atom is -0.395 e. The molecule has 2 aromatic rings. The van der Waals surface area contributed by atoms with Gasteiger partial charge in [0.15, 0.2) is 0 Å². The van der Waals surface area contributed by atoms with Crippen molar-refractivity contribution < 1.29 is 5.11 Å². The van der Waals surface area contributed by atoms with Gasteiger partial charge in [-0.15, -0.1) is 0 Å². The van der Waals surface area contributed by atoms with Gasteiger partial charge < -0.3 is 10.0 Å². The molecule has 4 heteroatoms. The number of hydrogen-bond donors (Lipinski definition) is 1. The summed E-state index contributed by atoms with van der Waals surface area (Å²) in [6.07, 6.45) is 3.01. The number of aliphatic hydroxyl groups is 1. The third-order valence-corrected chi connectivity index (χ3v) is 3.96. The zero-order chi connectivity index (χ0) is 13.8. The number of benzene rings is 1. The van der Waals surface area contributed by atoms with Crippen LogP contribution in [0.25, 0.3) is 10.8 Å². The Balaban J connectivity index is 1.84. The molecule has 1 aliphatic heterocycles. The number of hydrogen-bond acceptors (Lipinski definition) is 4. The molecule has 1 aliphatic rings. The summed E-state index contributed by atoms with van der Waals surface area (Å²) in [5.41, 5.74) is 0. The molecule has 2 heterocycles. The van der Waals surface area contributed by atoms with E-state index in [1.54, 1.807) is 0 Å². The van der Waals surface area contributed by atoms with Gasteiger partial charge in [0.25, 0.3) is 0 Å². The summed E-state index contributed by atoms with van der Waals surface area (Å²) in [6, 6.07) is 10.5. The first kappa shape index (κ1) is 13.3. The molecule has 0 saturated carbocycles. The molecule has 1 aromatic heterocycles. The lowest BCUT2D eigenvalue weighted by Gasteiger charge is -2.23. The molecule has 106 valence electrons. The van der Waals surface area contributed by atoms with Gasteiger partial charge in [-0.25, -0.2) is 4.98 Å². The van der Waals surface area contributed by atoms with E-state index in [2.05, 4.69) is 45.1 Å². The van der Waals surface area contributed by atoms with Crippen LogP contribution in [0.15, 0.2) is 36.5 Å². The number of fused-ring (bicyclic) bond motifs is 1.